The van der Waals surface area contributed by atoms with Crippen LogP contribution in [-0.2, 0) is 9.53 Å². The van der Waals surface area contributed by atoms with Crippen molar-refractivity contribution < 1.29 is 9.53 Å². The van der Waals surface area contributed by atoms with Crippen molar-refractivity contribution in [2.45, 2.75) is 24.8 Å². The fourth-order valence-corrected chi connectivity index (χ4v) is 2.82. The van der Waals surface area contributed by atoms with Crippen molar-refractivity contribution in [3.63, 3.8) is 0 Å². The molecule has 1 atom stereocenters. The van der Waals surface area contributed by atoms with Crippen molar-refractivity contribution >= 4 is 17.7 Å². The van der Waals surface area contributed by atoms with Gasteiger partial charge >= 0.3 is 5.97 Å². The summed E-state index contributed by atoms with van der Waals surface area (Å²) in [6.45, 7) is 3.50. The molecule has 2 rings (SSSR count). The van der Waals surface area contributed by atoms with Gasteiger partial charge in [0.15, 0.2) is 0 Å². The molecule has 0 fully saturated rings. The van der Waals surface area contributed by atoms with E-state index in [1.807, 2.05) is 49.4 Å². The number of ether oxygens (including phenoxy) is 1. The molecule has 0 aliphatic carbocycles. The molecule has 0 aliphatic rings. The highest BCUT2D eigenvalue weighted by atomic mass is 32.2. The van der Waals surface area contributed by atoms with Crippen LogP contribution in [0.2, 0.25) is 0 Å². The van der Waals surface area contributed by atoms with Crippen molar-refractivity contribution in [1.29, 1.82) is 0 Å². The van der Waals surface area contributed by atoms with Gasteiger partial charge < -0.3 is 4.74 Å². The number of hydrogen-bond donors (Lipinski definition) is 0. The van der Waals surface area contributed by atoms with E-state index in [0.717, 1.165) is 5.56 Å². The Labute approximate surface area is 124 Å². The van der Waals surface area contributed by atoms with Gasteiger partial charge in [-0.15, -0.1) is 11.8 Å². The lowest BCUT2D eigenvalue weighted by atomic mass is 10.1. The fraction of sp³-hybridized carbons (Fsp3) is 0.235. The highest BCUT2D eigenvalue weighted by Gasteiger charge is 2.15. The van der Waals surface area contributed by atoms with Crippen LogP contribution in [0.3, 0.4) is 0 Å². The molecule has 0 aromatic heterocycles. The Kier molecular flexibility index (Phi) is 5.24. The molecule has 20 heavy (non-hydrogen) atoms. The first kappa shape index (κ1) is 14.7. The monoisotopic (exact) mass is 286 g/mol. The topological polar surface area (TPSA) is 26.3 Å². The summed E-state index contributed by atoms with van der Waals surface area (Å²) >= 11 is 1.69. The molecule has 2 nitrogen and oxygen atoms in total. The van der Waals surface area contributed by atoms with E-state index < -0.39 is 0 Å². The molecule has 0 radical (unpaired) electrons. The minimum atomic E-state index is -0.246. The number of hydrogen-bond acceptors (Lipinski definition) is 3. The van der Waals surface area contributed by atoms with Crippen molar-refractivity contribution in [3.8, 4) is 0 Å². The third-order valence-electron chi connectivity index (χ3n) is 2.90. The number of carbonyl (C=O) groups excluding carboxylic acids is 1. The Hall–Kier alpha value is -1.74. The second kappa shape index (κ2) is 7.15. The molecule has 0 saturated carbocycles. The van der Waals surface area contributed by atoms with Crippen LogP contribution in [0.1, 0.15) is 24.2 Å². The summed E-state index contributed by atoms with van der Waals surface area (Å²) in [5.41, 5.74) is 2.24. The summed E-state index contributed by atoms with van der Waals surface area (Å²) in [5.74, 6) is 0.469. The molecule has 1 unspecified atom stereocenters. The fourth-order valence-electron chi connectivity index (χ4n) is 1.87. The second-order valence-electron chi connectivity index (χ2n) is 4.63. The Balaban J connectivity index is 2.07. The lowest BCUT2D eigenvalue weighted by Crippen LogP contribution is -2.11. The van der Waals surface area contributed by atoms with Gasteiger partial charge in [0.25, 0.3) is 0 Å². The van der Waals surface area contributed by atoms with Crippen LogP contribution in [0.25, 0.3) is 0 Å². The van der Waals surface area contributed by atoms with Gasteiger partial charge in [-0.05, 0) is 24.6 Å². The van der Waals surface area contributed by atoms with Crippen LogP contribution < -0.4 is 0 Å². The van der Waals surface area contributed by atoms with E-state index in [9.17, 15) is 4.79 Å². The van der Waals surface area contributed by atoms with E-state index in [2.05, 4.69) is 12.1 Å². The van der Waals surface area contributed by atoms with Crippen LogP contribution in [0, 0.1) is 6.92 Å². The van der Waals surface area contributed by atoms with Gasteiger partial charge in [0.2, 0.25) is 0 Å². The van der Waals surface area contributed by atoms with Crippen molar-refractivity contribution in [2.75, 3.05) is 5.75 Å². The molecule has 0 spiro atoms. The minimum absolute atomic E-state index is 0.210. The van der Waals surface area contributed by atoms with Crippen LogP contribution in [0.15, 0.2) is 59.5 Å². The number of rotatable bonds is 5. The molecule has 104 valence electrons. The summed E-state index contributed by atoms with van der Waals surface area (Å²) in [7, 11) is 0. The van der Waals surface area contributed by atoms with Gasteiger partial charge in [-0.2, -0.15) is 0 Å². The first-order chi connectivity index (χ1) is 9.65. The SMILES string of the molecule is CC(=O)OC(CSc1ccccc1)c1ccc(C)cc1. The molecule has 3 heteroatoms. The lowest BCUT2D eigenvalue weighted by Gasteiger charge is -2.17. The average Bonchev–Trinajstić information content (AvgIpc) is 2.45. The summed E-state index contributed by atoms with van der Waals surface area (Å²) in [6.07, 6.45) is -0.210. The van der Waals surface area contributed by atoms with Gasteiger partial charge in [0.1, 0.15) is 6.10 Å². The minimum Gasteiger partial charge on any atom is -0.457 e. The number of carbonyl (C=O) groups is 1. The van der Waals surface area contributed by atoms with E-state index in [0.29, 0.717) is 5.75 Å². The van der Waals surface area contributed by atoms with E-state index in [4.69, 9.17) is 4.74 Å². The van der Waals surface area contributed by atoms with Gasteiger partial charge in [0.05, 0.1) is 0 Å². The Bertz CT molecular complexity index is 549. The molecule has 0 N–H and O–H groups in total. The maximum atomic E-state index is 11.3. The summed E-state index contributed by atoms with van der Waals surface area (Å²) in [4.78, 5) is 12.5. The van der Waals surface area contributed by atoms with Gasteiger partial charge in [0, 0.05) is 17.6 Å². The number of aryl methyl sites for hydroxylation is 1. The van der Waals surface area contributed by atoms with E-state index >= 15 is 0 Å². The summed E-state index contributed by atoms with van der Waals surface area (Å²) < 4.78 is 5.44. The normalized spacial score (nSPS) is 11.9. The zero-order valence-corrected chi connectivity index (χ0v) is 12.5. The zero-order valence-electron chi connectivity index (χ0n) is 11.7. The number of esters is 1. The zero-order chi connectivity index (χ0) is 14.4. The highest BCUT2D eigenvalue weighted by Crippen LogP contribution is 2.27. The Morgan fingerprint density at radius 2 is 1.75 bits per heavy atom. The summed E-state index contributed by atoms with van der Waals surface area (Å²) in [5, 5.41) is 0. The van der Waals surface area contributed by atoms with Crippen molar-refractivity contribution in [2.24, 2.45) is 0 Å². The standard InChI is InChI=1S/C17H18O2S/c1-13-8-10-15(11-9-13)17(19-14(2)18)12-20-16-6-4-3-5-7-16/h3-11,17H,12H2,1-2H3. The van der Waals surface area contributed by atoms with Crippen molar-refractivity contribution in [1.82, 2.24) is 0 Å². The first-order valence-electron chi connectivity index (χ1n) is 6.57. The Morgan fingerprint density at radius 1 is 1.10 bits per heavy atom. The smallest absolute Gasteiger partial charge is 0.303 e. The molecule has 0 bridgehead atoms. The molecule has 0 aliphatic heterocycles. The quantitative estimate of drug-likeness (QED) is 0.602. The highest BCUT2D eigenvalue weighted by molar-refractivity contribution is 7.99. The van der Waals surface area contributed by atoms with Crippen molar-refractivity contribution in [3.05, 3.63) is 65.7 Å². The summed E-state index contributed by atoms with van der Waals surface area (Å²) in [6, 6.07) is 18.3. The molecular formula is C17H18O2S. The predicted molar refractivity (Wildman–Crippen MR) is 82.9 cm³/mol. The molecule has 2 aromatic carbocycles. The van der Waals surface area contributed by atoms with Gasteiger partial charge in [-0.3, -0.25) is 4.79 Å². The first-order valence-corrected chi connectivity index (χ1v) is 7.55. The third-order valence-corrected chi connectivity index (χ3v) is 3.98. The molecule has 2 aromatic rings. The molecule has 0 amide bonds. The largest absolute Gasteiger partial charge is 0.457 e. The molecule has 0 heterocycles. The van der Waals surface area contributed by atoms with Gasteiger partial charge in [-0.25, -0.2) is 0 Å². The Morgan fingerprint density at radius 3 is 2.35 bits per heavy atom. The van der Waals surface area contributed by atoms with Crippen LogP contribution in [-0.4, -0.2) is 11.7 Å². The third kappa shape index (κ3) is 4.42. The molecular weight excluding hydrogens is 268 g/mol. The van der Waals surface area contributed by atoms with Gasteiger partial charge in [-0.1, -0.05) is 48.0 Å². The van der Waals surface area contributed by atoms with E-state index in [1.54, 1.807) is 11.8 Å². The van der Waals surface area contributed by atoms with Crippen LogP contribution >= 0.6 is 11.8 Å². The predicted octanol–water partition coefficient (Wildman–Crippen LogP) is 4.39. The maximum absolute atomic E-state index is 11.3. The second-order valence-corrected chi connectivity index (χ2v) is 5.73. The number of benzene rings is 2. The van der Waals surface area contributed by atoms with Crippen LogP contribution in [0.5, 0.6) is 0 Å². The van der Waals surface area contributed by atoms with E-state index in [-0.39, 0.29) is 12.1 Å². The number of thioether (sulfide) groups is 1. The van der Waals surface area contributed by atoms with Crippen LogP contribution in [0.4, 0.5) is 0 Å². The average molecular weight is 286 g/mol. The molecule has 0 saturated heterocycles. The lowest BCUT2D eigenvalue weighted by molar-refractivity contribution is -0.145. The maximum Gasteiger partial charge on any atom is 0.303 e. The van der Waals surface area contributed by atoms with E-state index in [1.165, 1.54) is 17.4 Å².